The number of hydrogen-bond donors (Lipinski definition) is 0. The Labute approximate surface area is 376 Å². The molecule has 0 aliphatic heterocycles. The van der Waals surface area contributed by atoms with E-state index in [1.807, 2.05) is 6.07 Å². The van der Waals surface area contributed by atoms with E-state index in [2.05, 4.69) is 235 Å². The Balaban J connectivity index is 0.977. The van der Waals surface area contributed by atoms with Gasteiger partial charge in [-0.05, 0) is 90.1 Å². The summed E-state index contributed by atoms with van der Waals surface area (Å²) < 4.78 is 2.40. The molecule has 0 saturated carbocycles. The second-order valence-corrected chi connectivity index (χ2v) is 16.9. The summed E-state index contributed by atoms with van der Waals surface area (Å²) in [4.78, 5) is 10.6. The maximum absolute atomic E-state index is 5.33. The highest BCUT2D eigenvalue weighted by molar-refractivity contribution is 6.23. The van der Waals surface area contributed by atoms with Crippen LogP contribution in [0.3, 0.4) is 0 Å². The van der Waals surface area contributed by atoms with Gasteiger partial charge in [0.25, 0.3) is 0 Å². The van der Waals surface area contributed by atoms with Gasteiger partial charge in [-0.25, -0.2) is 9.97 Å². The van der Waals surface area contributed by atoms with Crippen molar-refractivity contribution in [3.05, 3.63) is 237 Å². The number of para-hydroxylation sites is 3. The fourth-order valence-electron chi connectivity index (χ4n) is 10.2. The first-order chi connectivity index (χ1) is 32.2. The van der Waals surface area contributed by atoms with Gasteiger partial charge in [0.2, 0.25) is 0 Å². The third-order valence-corrected chi connectivity index (χ3v) is 13.2. The van der Waals surface area contributed by atoms with E-state index in [-0.39, 0.29) is 0 Å². The largest absolute Gasteiger partial charge is 0.309 e. The molecule has 0 amide bonds. The van der Waals surface area contributed by atoms with Crippen molar-refractivity contribution in [2.24, 2.45) is 0 Å². The van der Waals surface area contributed by atoms with Crippen molar-refractivity contribution in [1.82, 2.24) is 14.5 Å². The summed E-state index contributed by atoms with van der Waals surface area (Å²) in [6.07, 6.45) is 0. The van der Waals surface area contributed by atoms with Gasteiger partial charge in [0.15, 0.2) is 5.82 Å². The normalized spacial score (nSPS) is 11.7. The predicted octanol–water partition coefficient (Wildman–Crippen LogP) is 16.5. The van der Waals surface area contributed by atoms with Crippen LogP contribution in [0.15, 0.2) is 237 Å². The highest BCUT2D eigenvalue weighted by atomic mass is 15.0. The van der Waals surface area contributed by atoms with Gasteiger partial charge >= 0.3 is 0 Å². The summed E-state index contributed by atoms with van der Waals surface area (Å²) in [6, 6.07) is 85.2. The van der Waals surface area contributed by atoms with Crippen LogP contribution < -0.4 is 0 Å². The van der Waals surface area contributed by atoms with Crippen LogP contribution in [-0.4, -0.2) is 14.5 Å². The number of rotatable bonds is 6. The highest BCUT2D eigenvalue weighted by Gasteiger charge is 2.20. The molecule has 0 unspecified atom stereocenters. The van der Waals surface area contributed by atoms with E-state index in [1.54, 1.807) is 0 Å². The molecule has 0 N–H and O–H groups in total. The standard InChI is InChI=1S/C62H39N3/c1-3-17-43(18-4-1)62-63-57(42-32-30-41(31-33-42)48-27-15-28-55-52-26-13-14-29-59(52)65(61(48)55)45-20-5-2-6-21-45)39-58(64-62)51-36-37-53(50-25-12-11-24-49(50)51)60-47-23-10-8-19-44(47)38-56-46-22-9-7-16-40(46)34-35-54(56)60/h1-39H. The molecule has 11 aromatic carbocycles. The lowest BCUT2D eigenvalue weighted by molar-refractivity contribution is 1.18. The molecule has 13 aromatic rings. The zero-order chi connectivity index (χ0) is 42.8. The van der Waals surface area contributed by atoms with Crippen LogP contribution >= 0.6 is 0 Å². The molecule has 0 radical (unpaired) electrons. The van der Waals surface area contributed by atoms with E-state index >= 15 is 0 Å². The molecule has 65 heavy (non-hydrogen) atoms. The molecule has 0 spiro atoms. The molecule has 3 heteroatoms. The van der Waals surface area contributed by atoms with Crippen LogP contribution in [0.1, 0.15) is 0 Å². The SMILES string of the molecule is c1ccc(-c2nc(-c3ccc(-c4cccc5c6ccccc6n(-c6ccccc6)c45)cc3)cc(-c3ccc(-c4c5ccccc5cc5c4ccc4ccccc45)c4ccccc34)n2)cc1. The van der Waals surface area contributed by atoms with Crippen LogP contribution in [0.2, 0.25) is 0 Å². The van der Waals surface area contributed by atoms with Crippen molar-refractivity contribution in [3.8, 4) is 61.8 Å². The zero-order valence-corrected chi connectivity index (χ0v) is 35.4. The average molecular weight is 826 g/mol. The van der Waals surface area contributed by atoms with Gasteiger partial charge in [-0.15, -0.1) is 0 Å². The Morgan fingerprint density at radius 2 is 0.892 bits per heavy atom. The summed E-state index contributed by atoms with van der Waals surface area (Å²) in [7, 11) is 0. The lowest BCUT2D eigenvalue weighted by atomic mass is 9.86. The quantitative estimate of drug-likeness (QED) is 0.123. The molecule has 0 aliphatic rings. The number of nitrogens with zero attached hydrogens (tertiary/aromatic N) is 3. The first-order valence-electron chi connectivity index (χ1n) is 22.2. The smallest absolute Gasteiger partial charge is 0.160 e. The third-order valence-electron chi connectivity index (χ3n) is 13.2. The van der Waals surface area contributed by atoms with E-state index in [0.717, 1.165) is 44.7 Å². The Morgan fingerprint density at radius 1 is 0.292 bits per heavy atom. The van der Waals surface area contributed by atoms with Crippen LogP contribution in [-0.2, 0) is 0 Å². The second kappa shape index (κ2) is 15.0. The molecule has 2 heterocycles. The third kappa shape index (κ3) is 6.05. The molecule has 3 nitrogen and oxygen atoms in total. The first kappa shape index (κ1) is 36.9. The molecular weight excluding hydrogens is 787 g/mol. The summed E-state index contributed by atoms with van der Waals surface area (Å²) in [5.41, 5.74) is 13.1. The van der Waals surface area contributed by atoms with Gasteiger partial charge in [-0.1, -0.05) is 206 Å². The minimum absolute atomic E-state index is 0.694. The van der Waals surface area contributed by atoms with Crippen LogP contribution in [0.25, 0.3) is 127 Å². The lowest BCUT2D eigenvalue weighted by Gasteiger charge is -2.17. The van der Waals surface area contributed by atoms with Crippen molar-refractivity contribution in [1.29, 1.82) is 0 Å². The van der Waals surface area contributed by atoms with E-state index in [9.17, 15) is 0 Å². The zero-order valence-electron chi connectivity index (χ0n) is 35.4. The fourth-order valence-corrected chi connectivity index (χ4v) is 10.2. The van der Waals surface area contributed by atoms with Gasteiger partial charge in [0.1, 0.15) is 0 Å². The highest BCUT2D eigenvalue weighted by Crippen LogP contribution is 2.44. The maximum atomic E-state index is 5.33. The Kier molecular flexibility index (Phi) is 8.53. The van der Waals surface area contributed by atoms with Crippen LogP contribution in [0.5, 0.6) is 0 Å². The molecule has 0 fully saturated rings. The summed E-state index contributed by atoms with van der Waals surface area (Å²) in [6.45, 7) is 0. The molecule has 302 valence electrons. The number of hydrogen-bond acceptors (Lipinski definition) is 2. The summed E-state index contributed by atoms with van der Waals surface area (Å²) >= 11 is 0. The second-order valence-electron chi connectivity index (χ2n) is 16.9. The molecular formula is C62H39N3. The number of aromatic nitrogens is 3. The van der Waals surface area contributed by atoms with Crippen molar-refractivity contribution < 1.29 is 0 Å². The monoisotopic (exact) mass is 825 g/mol. The minimum Gasteiger partial charge on any atom is -0.309 e. The molecule has 0 atom stereocenters. The minimum atomic E-state index is 0.694. The van der Waals surface area contributed by atoms with E-state index in [0.29, 0.717) is 5.82 Å². The molecule has 0 saturated heterocycles. The average Bonchev–Trinajstić information content (AvgIpc) is 3.73. The molecule has 0 aliphatic carbocycles. The van der Waals surface area contributed by atoms with Crippen molar-refractivity contribution in [3.63, 3.8) is 0 Å². The Morgan fingerprint density at radius 3 is 1.69 bits per heavy atom. The van der Waals surface area contributed by atoms with Crippen LogP contribution in [0.4, 0.5) is 0 Å². The van der Waals surface area contributed by atoms with Crippen molar-refractivity contribution in [2.75, 3.05) is 0 Å². The van der Waals surface area contributed by atoms with E-state index in [4.69, 9.17) is 9.97 Å². The van der Waals surface area contributed by atoms with Gasteiger partial charge < -0.3 is 4.57 Å². The number of benzene rings is 11. The predicted molar refractivity (Wildman–Crippen MR) is 274 cm³/mol. The van der Waals surface area contributed by atoms with Gasteiger partial charge in [-0.2, -0.15) is 0 Å². The summed E-state index contributed by atoms with van der Waals surface area (Å²) in [5, 5.41) is 12.3. The number of fused-ring (bicyclic) bond motifs is 8. The van der Waals surface area contributed by atoms with Gasteiger partial charge in [0.05, 0.1) is 22.4 Å². The lowest BCUT2D eigenvalue weighted by Crippen LogP contribution is -1.97. The molecule has 2 aromatic heterocycles. The van der Waals surface area contributed by atoms with Gasteiger partial charge in [0, 0.05) is 38.7 Å². The van der Waals surface area contributed by atoms with Crippen molar-refractivity contribution in [2.45, 2.75) is 0 Å². The topological polar surface area (TPSA) is 30.7 Å². The molecule has 0 bridgehead atoms. The fraction of sp³-hybridized carbons (Fsp3) is 0. The van der Waals surface area contributed by atoms with E-state index in [1.165, 1.54) is 76.2 Å². The van der Waals surface area contributed by atoms with Crippen LogP contribution in [0, 0.1) is 0 Å². The Bertz CT molecular complexity index is 3980. The maximum Gasteiger partial charge on any atom is 0.160 e. The van der Waals surface area contributed by atoms with E-state index < -0.39 is 0 Å². The van der Waals surface area contributed by atoms with Gasteiger partial charge in [-0.3, -0.25) is 0 Å². The Hall–Kier alpha value is -8.66. The first-order valence-corrected chi connectivity index (χ1v) is 22.2. The summed E-state index contributed by atoms with van der Waals surface area (Å²) in [5.74, 6) is 0.694. The van der Waals surface area contributed by atoms with Crippen molar-refractivity contribution >= 4 is 64.9 Å². The molecule has 13 rings (SSSR count).